The molecule has 1 heterocycles. The topological polar surface area (TPSA) is 135 Å². The summed E-state index contributed by atoms with van der Waals surface area (Å²) >= 11 is 0. The minimum Gasteiger partial charge on any atom is -0.457 e. The van der Waals surface area contributed by atoms with Gasteiger partial charge in [0.2, 0.25) is 0 Å². The van der Waals surface area contributed by atoms with Crippen molar-refractivity contribution in [2.75, 3.05) is 26.4 Å². The highest BCUT2D eigenvalue weighted by Gasteiger charge is 2.44. The summed E-state index contributed by atoms with van der Waals surface area (Å²) in [7, 11) is 0. The van der Waals surface area contributed by atoms with E-state index in [-0.39, 0.29) is 19.2 Å². The second-order valence-corrected chi connectivity index (χ2v) is 19.4. The zero-order valence-electron chi connectivity index (χ0n) is 42.5. The summed E-state index contributed by atoms with van der Waals surface area (Å²) in [5, 5.41) is 40.3. The minimum atomic E-state index is -1.53. The molecule has 0 bridgehead atoms. The lowest BCUT2D eigenvalue weighted by molar-refractivity contribution is -0.305. The smallest absolute Gasteiger partial charge is 0.306 e. The highest BCUT2D eigenvalue weighted by molar-refractivity contribution is 5.69. The van der Waals surface area contributed by atoms with Crippen LogP contribution in [0.1, 0.15) is 264 Å². The molecule has 1 saturated heterocycles. The van der Waals surface area contributed by atoms with Gasteiger partial charge in [-0.3, -0.25) is 4.79 Å². The first-order valence-electron chi connectivity index (χ1n) is 27.9. The number of carbonyl (C=O) groups is 1. The summed E-state index contributed by atoms with van der Waals surface area (Å²) < 4.78 is 23.0. The van der Waals surface area contributed by atoms with E-state index in [0.717, 1.165) is 38.5 Å². The molecule has 1 fully saturated rings. The number of carbonyl (C=O) groups excluding carboxylic acids is 1. The molecule has 65 heavy (non-hydrogen) atoms. The molecule has 6 atom stereocenters. The van der Waals surface area contributed by atoms with Crippen molar-refractivity contribution >= 4 is 5.97 Å². The second kappa shape index (κ2) is 47.7. The van der Waals surface area contributed by atoms with Crippen LogP contribution in [0.15, 0.2) is 24.3 Å². The summed E-state index contributed by atoms with van der Waals surface area (Å²) in [5.74, 6) is -0.308. The first kappa shape index (κ1) is 61.7. The van der Waals surface area contributed by atoms with Gasteiger partial charge >= 0.3 is 5.97 Å². The van der Waals surface area contributed by atoms with Gasteiger partial charge in [-0.2, -0.15) is 0 Å². The van der Waals surface area contributed by atoms with Gasteiger partial charge in [-0.05, 0) is 44.9 Å². The molecule has 0 aliphatic carbocycles. The molecule has 1 rings (SSSR count). The molecule has 384 valence electrons. The molecular formula is C56H106O9. The Hall–Kier alpha value is -1.33. The molecule has 0 spiro atoms. The third kappa shape index (κ3) is 38.2. The molecule has 0 aromatic heterocycles. The summed E-state index contributed by atoms with van der Waals surface area (Å²) in [6.07, 6.45) is 50.8. The number of hydrogen-bond acceptors (Lipinski definition) is 9. The van der Waals surface area contributed by atoms with Gasteiger partial charge in [-0.25, -0.2) is 0 Å². The van der Waals surface area contributed by atoms with E-state index in [0.29, 0.717) is 13.0 Å². The van der Waals surface area contributed by atoms with E-state index >= 15 is 0 Å². The van der Waals surface area contributed by atoms with Gasteiger partial charge < -0.3 is 39.4 Å². The lowest BCUT2D eigenvalue weighted by Gasteiger charge is -2.39. The van der Waals surface area contributed by atoms with Gasteiger partial charge in [-0.1, -0.05) is 237 Å². The average Bonchev–Trinajstić information content (AvgIpc) is 3.31. The van der Waals surface area contributed by atoms with E-state index in [1.807, 2.05) is 0 Å². The van der Waals surface area contributed by atoms with Crippen LogP contribution >= 0.6 is 0 Å². The highest BCUT2D eigenvalue weighted by Crippen LogP contribution is 2.23. The van der Waals surface area contributed by atoms with Crippen molar-refractivity contribution in [3.05, 3.63) is 24.3 Å². The Morgan fingerprint density at radius 3 is 1.32 bits per heavy atom. The van der Waals surface area contributed by atoms with Crippen LogP contribution in [0.2, 0.25) is 0 Å². The van der Waals surface area contributed by atoms with Gasteiger partial charge in [0.25, 0.3) is 0 Å². The molecule has 9 heteroatoms. The van der Waals surface area contributed by atoms with Crippen LogP contribution in [-0.4, -0.2) is 89.6 Å². The number of allylic oxidation sites excluding steroid dienone is 4. The lowest BCUT2D eigenvalue weighted by atomic mass is 9.99. The van der Waals surface area contributed by atoms with Crippen molar-refractivity contribution < 1.29 is 44.2 Å². The summed E-state index contributed by atoms with van der Waals surface area (Å²) in [6.45, 7) is 4.60. The van der Waals surface area contributed by atoms with Gasteiger partial charge in [-0.15, -0.1) is 0 Å². The van der Waals surface area contributed by atoms with Gasteiger partial charge in [0.1, 0.15) is 30.5 Å². The summed E-state index contributed by atoms with van der Waals surface area (Å²) in [6, 6.07) is 0. The Labute approximate surface area is 400 Å². The zero-order valence-corrected chi connectivity index (χ0v) is 42.5. The Morgan fingerprint density at radius 1 is 0.492 bits per heavy atom. The van der Waals surface area contributed by atoms with Crippen molar-refractivity contribution in [2.45, 2.75) is 301 Å². The average molecular weight is 923 g/mol. The number of unbranched alkanes of at least 4 members (excludes halogenated alkanes) is 34. The minimum absolute atomic E-state index is 0.109. The van der Waals surface area contributed by atoms with Gasteiger partial charge in [0, 0.05) is 13.0 Å². The van der Waals surface area contributed by atoms with E-state index in [9.17, 15) is 25.2 Å². The molecule has 1 aliphatic rings. The predicted octanol–water partition coefficient (Wildman–Crippen LogP) is 14.1. The number of aliphatic hydroxyl groups excluding tert-OH is 4. The van der Waals surface area contributed by atoms with Crippen molar-refractivity contribution in [1.82, 2.24) is 0 Å². The maximum Gasteiger partial charge on any atom is 0.306 e. The first-order valence-corrected chi connectivity index (χ1v) is 27.9. The normalized spacial score (nSPS) is 19.5. The SMILES string of the molecule is CCCCCCC/C=C\C/C=C\CCCCCCCCCCCCCCOCC(COC1OC(CO)C(O)C(O)C1O)OC(=O)CCCCCCCCCCCCCCCCCCCC. The van der Waals surface area contributed by atoms with Crippen molar-refractivity contribution in [2.24, 2.45) is 0 Å². The first-order chi connectivity index (χ1) is 31.9. The van der Waals surface area contributed by atoms with Gasteiger partial charge in [0.05, 0.1) is 19.8 Å². The van der Waals surface area contributed by atoms with Crippen LogP contribution in [0.3, 0.4) is 0 Å². The largest absolute Gasteiger partial charge is 0.457 e. The summed E-state index contributed by atoms with van der Waals surface area (Å²) in [5.41, 5.74) is 0. The predicted molar refractivity (Wildman–Crippen MR) is 270 cm³/mol. The van der Waals surface area contributed by atoms with Crippen LogP contribution in [0, 0.1) is 0 Å². The molecule has 9 nitrogen and oxygen atoms in total. The number of esters is 1. The Bertz CT molecular complexity index is 1050. The third-order valence-electron chi connectivity index (χ3n) is 13.1. The standard InChI is InChI=1S/C56H106O9/c1-3-5-7-9-11-13-15-17-19-21-23-24-25-26-27-28-30-32-34-36-38-40-42-44-46-62-48-50(49-63-56-55(61)54(60)53(59)51(47-57)65-56)64-52(58)45-43-41-39-37-35-33-31-29-22-20-18-16-14-12-10-8-6-4-2/h15,17,21,23,50-51,53-57,59-61H,3-14,16,18-20,22,24-49H2,1-2H3/b17-15-,23-21-. The maximum atomic E-state index is 12.9. The quantitative estimate of drug-likeness (QED) is 0.0267. The van der Waals surface area contributed by atoms with E-state index in [1.165, 1.54) is 205 Å². The van der Waals surface area contributed by atoms with Crippen LogP contribution in [0.4, 0.5) is 0 Å². The number of hydrogen-bond donors (Lipinski definition) is 4. The fourth-order valence-electron chi connectivity index (χ4n) is 8.76. The molecular weight excluding hydrogens is 817 g/mol. The van der Waals surface area contributed by atoms with Crippen LogP contribution in [0.25, 0.3) is 0 Å². The van der Waals surface area contributed by atoms with E-state index in [1.54, 1.807) is 0 Å². The maximum absolute atomic E-state index is 12.9. The van der Waals surface area contributed by atoms with Crippen LogP contribution in [-0.2, 0) is 23.7 Å². The Kier molecular flexibility index (Phi) is 45.3. The highest BCUT2D eigenvalue weighted by atomic mass is 16.7. The van der Waals surface area contributed by atoms with E-state index in [2.05, 4.69) is 38.2 Å². The zero-order chi connectivity index (χ0) is 47.1. The molecule has 6 unspecified atom stereocenters. The molecule has 0 aromatic carbocycles. The number of rotatable bonds is 49. The van der Waals surface area contributed by atoms with E-state index in [4.69, 9.17) is 18.9 Å². The van der Waals surface area contributed by atoms with Gasteiger partial charge in [0.15, 0.2) is 6.29 Å². The third-order valence-corrected chi connectivity index (χ3v) is 13.1. The second-order valence-electron chi connectivity index (χ2n) is 19.4. The Balaban J connectivity index is 2.15. The van der Waals surface area contributed by atoms with E-state index < -0.39 is 43.4 Å². The molecule has 0 radical (unpaired) electrons. The van der Waals surface area contributed by atoms with Crippen molar-refractivity contribution in [3.8, 4) is 0 Å². The number of aliphatic hydroxyl groups is 4. The molecule has 4 N–H and O–H groups in total. The lowest BCUT2D eigenvalue weighted by Crippen LogP contribution is -2.59. The number of ether oxygens (including phenoxy) is 4. The Morgan fingerprint density at radius 2 is 0.892 bits per heavy atom. The van der Waals surface area contributed by atoms with Crippen LogP contribution < -0.4 is 0 Å². The molecule has 1 aliphatic heterocycles. The monoisotopic (exact) mass is 923 g/mol. The van der Waals surface area contributed by atoms with Crippen LogP contribution in [0.5, 0.6) is 0 Å². The molecule has 0 saturated carbocycles. The molecule has 0 aromatic rings. The van der Waals surface area contributed by atoms with Crippen molar-refractivity contribution in [1.29, 1.82) is 0 Å². The molecule has 0 amide bonds. The fourth-order valence-corrected chi connectivity index (χ4v) is 8.76. The van der Waals surface area contributed by atoms with Crippen molar-refractivity contribution in [3.63, 3.8) is 0 Å². The summed E-state index contributed by atoms with van der Waals surface area (Å²) in [4.78, 5) is 12.9. The fraction of sp³-hybridized carbons (Fsp3) is 0.911.